The highest BCUT2D eigenvalue weighted by Crippen LogP contribution is 2.18. The van der Waals surface area contributed by atoms with Crippen LogP contribution in [0.25, 0.3) is 0 Å². The fraction of sp³-hybridized carbons (Fsp3) is 0.533. The number of carbonyl (C=O) groups excluding carboxylic acids is 1. The third kappa shape index (κ3) is 6.78. The molecule has 0 aliphatic rings. The smallest absolute Gasteiger partial charge is 0.228 e. The largest absolute Gasteiger partial charge is 0.493 e. The molecule has 0 spiro atoms. The lowest BCUT2D eigenvalue weighted by atomic mass is 10.1. The van der Waals surface area contributed by atoms with Crippen molar-refractivity contribution in [2.45, 2.75) is 20.8 Å². The topological polar surface area (TPSA) is 50.4 Å². The summed E-state index contributed by atoms with van der Waals surface area (Å²) in [6, 6.07) is 7.50. The predicted molar refractivity (Wildman–Crippen MR) is 85.7 cm³/mol. The van der Waals surface area contributed by atoms with Gasteiger partial charge in [-0.25, -0.2) is 0 Å². The van der Waals surface area contributed by atoms with Crippen molar-refractivity contribution in [2.24, 2.45) is 11.8 Å². The van der Waals surface area contributed by atoms with Gasteiger partial charge in [0.2, 0.25) is 5.91 Å². The fourth-order valence-electron chi connectivity index (χ4n) is 1.59. The van der Waals surface area contributed by atoms with Crippen LogP contribution in [0.15, 0.2) is 24.3 Å². The van der Waals surface area contributed by atoms with Crippen molar-refractivity contribution < 1.29 is 9.53 Å². The van der Waals surface area contributed by atoms with E-state index in [9.17, 15) is 4.79 Å². The van der Waals surface area contributed by atoms with Gasteiger partial charge in [0.05, 0.1) is 6.61 Å². The van der Waals surface area contributed by atoms with Gasteiger partial charge in [-0.05, 0) is 25.1 Å². The van der Waals surface area contributed by atoms with Crippen LogP contribution in [-0.4, -0.2) is 26.1 Å². The molecule has 0 radical (unpaired) electrons. The van der Waals surface area contributed by atoms with E-state index in [-0.39, 0.29) is 24.2 Å². The SMILES string of the molecule is CNCC(C)C(=O)Nc1cccc(OCC(C)C)c1.Cl. The highest BCUT2D eigenvalue weighted by Gasteiger charge is 2.12. The maximum Gasteiger partial charge on any atom is 0.228 e. The number of nitrogens with one attached hydrogen (secondary N) is 2. The number of benzene rings is 1. The van der Waals surface area contributed by atoms with Crippen molar-refractivity contribution >= 4 is 24.0 Å². The van der Waals surface area contributed by atoms with Crippen molar-refractivity contribution in [1.82, 2.24) is 5.32 Å². The van der Waals surface area contributed by atoms with Crippen LogP contribution >= 0.6 is 12.4 Å². The van der Waals surface area contributed by atoms with E-state index in [4.69, 9.17) is 4.74 Å². The highest BCUT2D eigenvalue weighted by molar-refractivity contribution is 5.92. The molecule has 2 N–H and O–H groups in total. The molecule has 20 heavy (non-hydrogen) atoms. The van der Waals surface area contributed by atoms with Gasteiger partial charge in [0, 0.05) is 24.2 Å². The van der Waals surface area contributed by atoms with E-state index in [1.807, 2.05) is 38.2 Å². The van der Waals surface area contributed by atoms with E-state index in [1.165, 1.54) is 0 Å². The van der Waals surface area contributed by atoms with Crippen LogP contribution in [0.3, 0.4) is 0 Å². The van der Waals surface area contributed by atoms with E-state index >= 15 is 0 Å². The van der Waals surface area contributed by atoms with Gasteiger partial charge in [-0.2, -0.15) is 0 Å². The molecule has 1 aromatic carbocycles. The van der Waals surface area contributed by atoms with Crippen molar-refractivity contribution in [2.75, 3.05) is 25.5 Å². The van der Waals surface area contributed by atoms with E-state index in [0.717, 1.165) is 11.4 Å². The Kier molecular flexibility index (Phi) is 9.01. The van der Waals surface area contributed by atoms with Crippen molar-refractivity contribution in [3.63, 3.8) is 0 Å². The second-order valence-corrected chi connectivity index (χ2v) is 5.18. The molecule has 0 aliphatic carbocycles. The van der Waals surface area contributed by atoms with Gasteiger partial charge in [-0.3, -0.25) is 4.79 Å². The molecule has 1 unspecified atom stereocenters. The first-order valence-electron chi connectivity index (χ1n) is 6.71. The van der Waals surface area contributed by atoms with E-state index in [2.05, 4.69) is 24.5 Å². The zero-order valence-electron chi connectivity index (χ0n) is 12.6. The third-order valence-corrected chi connectivity index (χ3v) is 2.64. The zero-order valence-corrected chi connectivity index (χ0v) is 13.4. The molecular formula is C15H25ClN2O2. The van der Waals surface area contributed by atoms with Crippen molar-refractivity contribution in [1.29, 1.82) is 0 Å². The molecule has 1 aromatic rings. The summed E-state index contributed by atoms with van der Waals surface area (Å²) in [5.74, 6) is 1.21. The quantitative estimate of drug-likeness (QED) is 0.814. The Hall–Kier alpha value is -1.26. The van der Waals surface area contributed by atoms with Gasteiger partial charge < -0.3 is 15.4 Å². The second-order valence-electron chi connectivity index (χ2n) is 5.18. The van der Waals surface area contributed by atoms with Crippen molar-refractivity contribution in [3.05, 3.63) is 24.3 Å². The molecule has 114 valence electrons. The molecule has 4 nitrogen and oxygen atoms in total. The summed E-state index contributed by atoms with van der Waals surface area (Å²) in [7, 11) is 1.84. The highest BCUT2D eigenvalue weighted by atomic mass is 35.5. The van der Waals surface area contributed by atoms with E-state index in [1.54, 1.807) is 0 Å². The van der Waals surface area contributed by atoms with Crippen LogP contribution in [0.4, 0.5) is 5.69 Å². The predicted octanol–water partition coefficient (Wildman–Crippen LogP) is 2.94. The number of ether oxygens (including phenoxy) is 1. The molecule has 0 saturated carbocycles. The molecule has 1 rings (SSSR count). The van der Waals surface area contributed by atoms with Crippen LogP contribution in [0.2, 0.25) is 0 Å². The molecule has 0 fully saturated rings. The number of rotatable bonds is 7. The first-order chi connectivity index (χ1) is 9.02. The number of hydrogen-bond donors (Lipinski definition) is 2. The minimum atomic E-state index is -0.0646. The molecule has 0 saturated heterocycles. The Labute approximate surface area is 127 Å². The zero-order chi connectivity index (χ0) is 14.3. The average molecular weight is 301 g/mol. The number of hydrogen-bond acceptors (Lipinski definition) is 3. The van der Waals surface area contributed by atoms with Crippen molar-refractivity contribution in [3.8, 4) is 5.75 Å². The normalized spacial score (nSPS) is 11.7. The summed E-state index contributed by atoms with van der Waals surface area (Å²) in [4.78, 5) is 11.9. The van der Waals surface area contributed by atoms with Gasteiger partial charge in [0.1, 0.15) is 5.75 Å². The molecule has 0 bridgehead atoms. The maximum absolute atomic E-state index is 11.9. The van der Waals surface area contributed by atoms with E-state index < -0.39 is 0 Å². The summed E-state index contributed by atoms with van der Waals surface area (Å²) in [6.45, 7) is 7.43. The monoisotopic (exact) mass is 300 g/mol. The Morgan fingerprint density at radius 1 is 1.30 bits per heavy atom. The summed E-state index contributed by atoms with van der Waals surface area (Å²) in [5, 5.41) is 5.89. The number of carbonyl (C=O) groups is 1. The number of anilines is 1. The fourth-order valence-corrected chi connectivity index (χ4v) is 1.59. The van der Waals surface area contributed by atoms with Gasteiger partial charge in [0.25, 0.3) is 0 Å². The minimum Gasteiger partial charge on any atom is -0.493 e. The average Bonchev–Trinajstić information content (AvgIpc) is 2.37. The first-order valence-corrected chi connectivity index (χ1v) is 6.71. The Morgan fingerprint density at radius 2 is 2.00 bits per heavy atom. The second kappa shape index (κ2) is 9.61. The van der Waals surface area contributed by atoms with Crippen LogP contribution < -0.4 is 15.4 Å². The third-order valence-electron chi connectivity index (χ3n) is 2.64. The molecule has 0 heterocycles. The Balaban J connectivity index is 0.00000361. The lowest BCUT2D eigenvalue weighted by Gasteiger charge is -2.13. The molecule has 0 aliphatic heterocycles. The number of amides is 1. The molecular weight excluding hydrogens is 276 g/mol. The molecule has 1 amide bonds. The summed E-state index contributed by atoms with van der Waals surface area (Å²) < 4.78 is 5.63. The van der Waals surface area contributed by atoms with Gasteiger partial charge in [-0.1, -0.05) is 26.8 Å². The van der Waals surface area contributed by atoms with Crippen LogP contribution in [-0.2, 0) is 4.79 Å². The standard InChI is InChI=1S/C15H24N2O2.ClH/c1-11(2)10-19-14-7-5-6-13(8-14)17-15(18)12(3)9-16-4;/h5-8,11-12,16H,9-10H2,1-4H3,(H,17,18);1H. The molecule has 5 heteroatoms. The van der Waals surface area contributed by atoms with E-state index in [0.29, 0.717) is 19.1 Å². The Bertz CT molecular complexity index is 411. The lowest BCUT2D eigenvalue weighted by molar-refractivity contribution is -0.119. The summed E-state index contributed by atoms with van der Waals surface area (Å²) in [6.07, 6.45) is 0. The number of halogens is 1. The maximum atomic E-state index is 11.9. The summed E-state index contributed by atoms with van der Waals surface area (Å²) in [5.41, 5.74) is 0.772. The summed E-state index contributed by atoms with van der Waals surface area (Å²) >= 11 is 0. The van der Waals surface area contributed by atoms with Gasteiger partial charge in [-0.15, -0.1) is 12.4 Å². The Morgan fingerprint density at radius 3 is 2.60 bits per heavy atom. The first kappa shape index (κ1) is 18.7. The van der Waals surface area contributed by atoms with Crippen LogP contribution in [0, 0.1) is 11.8 Å². The van der Waals surface area contributed by atoms with Gasteiger partial charge in [0.15, 0.2) is 0 Å². The van der Waals surface area contributed by atoms with Gasteiger partial charge >= 0.3 is 0 Å². The van der Waals surface area contributed by atoms with Crippen LogP contribution in [0.1, 0.15) is 20.8 Å². The van der Waals surface area contributed by atoms with Crippen LogP contribution in [0.5, 0.6) is 5.75 Å². The molecule has 0 aromatic heterocycles. The molecule has 1 atom stereocenters. The minimum absolute atomic E-state index is 0. The lowest BCUT2D eigenvalue weighted by Crippen LogP contribution is -2.28.